The lowest BCUT2D eigenvalue weighted by Crippen LogP contribution is -2.43. The molecule has 0 aliphatic heterocycles. The molecule has 0 amide bonds. The van der Waals surface area contributed by atoms with E-state index in [0.717, 1.165) is 25.7 Å². The van der Waals surface area contributed by atoms with Crippen molar-refractivity contribution in [3.63, 3.8) is 0 Å². The second-order valence-electron chi connectivity index (χ2n) is 4.90. The second kappa shape index (κ2) is 5.33. The van der Waals surface area contributed by atoms with Crippen molar-refractivity contribution in [1.82, 2.24) is 0 Å². The summed E-state index contributed by atoms with van der Waals surface area (Å²) in [6, 6.07) is 3.74. The van der Waals surface area contributed by atoms with Crippen molar-refractivity contribution in [2.24, 2.45) is 0 Å². The average Bonchev–Trinajstić information content (AvgIpc) is 2.84. The molecule has 1 atom stereocenters. The first-order valence-electron chi connectivity index (χ1n) is 6.25. The molecular formula is C14H18F2O2. The van der Waals surface area contributed by atoms with E-state index in [1.165, 1.54) is 18.2 Å². The van der Waals surface area contributed by atoms with Gasteiger partial charge in [0.05, 0.1) is 11.7 Å². The Morgan fingerprint density at radius 3 is 2.33 bits per heavy atom. The summed E-state index contributed by atoms with van der Waals surface area (Å²) in [4.78, 5) is 0. The van der Waals surface area contributed by atoms with Gasteiger partial charge in [0.25, 0.3) is 0 Å². The van der Waals surface area contributed by atoms with Gasteiger partial charge < -0.3 is 9.84 Å². The normalized spacial score (nSPS) is 20.0. The highest BCUT2D eigenvalue weighted by Gasteiger charge is 2.41. The molecule has 4 heteroatoms. The Bertz CT molecular complexity index is 394. The van der Waals surface area contributed by atoms with E-state index in [9.17, 15) is 13.9 Å². The van der Waals surface area contributed by atoms with Gasteiger partial charge in [0, 0.05) is 19.1 Å². The minimum absolute atomic E-state index is 0.0493. The van der Waals surface area contributed by atoms with Gasteiger partial charge >= 0.3 is 0 Å². The van der Waals surface area contributed by atoms with Crippen LogP contribution in [0.2, 0.25) is 0 Å². The van der Waals surface area contributed by atoms with Crippen molar-refractivity contribution in [2.75, 3.05) is 7.11 Å². The Balaban J connectivity index is 2.18. The summed E-state index contributed by atoms with van der Waals surface area (Å²) in [5.74, 6) is -1.23. The summed E-state index contributed by atoms with van der Waals surface area (Å²) in [6.07, 6.45) is 2.50. The van der Waals surface area contributed by atoms with Crippen LogP contribution in [0.1, 0.15) is 31.2 Å². The van der Waals surface area contributed by atoms with E-state index >= 15 is 0 Å². The van der Waals surface area contributed by atoms with Gasteiger partial charge in [-0.15, -0.1) is 0 Å². The standard InChI is InChI=1S/C14H18F2O2/c1-18-14(7-2-3-8-14)13(17)9-10-11(15)5-4-6-12(10)16/h4-6,13,17H,2-3,7-9H2,1H3. The van der Waals surface area contributed by atoms with E-state index in [0.29, 0.717) is 0 Å². The van der Waals surface area contributed by atoms with Crippen LogP contribution in [0.3, 0.4) is 0 Å². The molecule has 0 bridgehead atoms. The van der Waals surface area contributed by atoms with E-state index in [-0.39, 0.29) is 12.0 Å². The number of halogens is 2. The fraction of sp³-hybridized carbons (Fsp3) is 0.571. The summed E-state index contributed by atoms with van der Waals surface area (Å²) in [7, 11) is 1.55. The van der Waals surface area contributed by atoms with Crippen molar-refractivity contribution < 1.29 is 18.6 Å². The number of benzene rings is 1. The van der Waals surface area contributed by atoms with Gasteiger partial charge in [-0.1, -0.05) is 18.9 Å². The SMILES string of the molecule is COC1(C(O)Cc2c(F)cccc2F)CCCC1. The van der Waals surface area contributed by atoms with E-state index in [4.69, 9.17) is 4.74 Å². The van der Waals surface area contributed by atoms with Crippen molar-refractivity contribution in [3.05, 3.63) is 35.4 Å². The van der Waals surface area contributed by atoms with E-state index in [2.05, 4.69) is 0 Å². The molecule has 1 aromatic rings. The highest BCUT2D eigenvalue weighted by atomic mass is 19.1. The number of hydrogen-bond donors (Lipinski definition) is 1. The van der Waals surface area contributed by atoms with Gasteiger partial charge in [-0.25, -0.2) is 8.78 Å². The number of aliphatic hydroxyl groups is 1. The minimum Gasteiger partial charge on any atom is -0.390 e. The molecule has 18 heavy (non-hydrogen) atoms. The Morgan fingerprint density at radius 2 is 1.83 bits per heavy atom. The van der Waals surface area contributed by atoms with Crippen molar-refractivity contribution >= 4 is 0 Å². The van der Waals surface area contributed by atoms with E-state index in [1.54, 1.807) is 7.11 Å². The van der Waals surface area contributed by atoms with Crippen molar-refractivity contribution in [3.8, 4) is 0 Å². The van der Waals surface area contributed by atoms with Gasteiger partial charge in [-0.3, -0.25) is 0 Å². The van der Waals surface area contributed by atoms with Gasteiger partial charge in [-0.2, -0.15) is 0 Å². The van der Waals surface area contributed by atoms with Gasteiger partial charge in [0.15, 0.2) is 0 Å². The third-order valence-electron chi connectivity index (χ3n) is 3.92. The molecule has 1 aromatic carbocycles. The average molecular weight is 256 g/mol. The summed E-state index contributed by atoms with van der Waals surface area (Å²) < 4.78 is 32.5. The molecule has 1 saturated carbocycles. The van der Waals surface area contributed by atoms with Crippen LogP contribution in [-0.2, 0) is 11.2 Å². The lowest BCUT2D eigenvalue weighted by Gasteiger charge is -2.33. The molecular weight excluding hydrogens is 238 g/mol. The van der Waals surface area contributed by atoms with Crippen LogP contribution >= 0.6 is 0 Å². The van der Waals surface area contributed by atoms with E-state index < -0.39 is 23.3 Å². The van der Waals surface area contributed by atoms with Crippen LogP contribution in [0, 0.1) is 11.6 Å². The first kappa shape index (κ1) is 13.4. The number of methoxy groups -OCH3 is 1. The molecule has 1 aliphatic rings. The topological polar surface area (TPSA) is 29.5 Å². The van der Waals surface area contributed by atoms with Crippen LogP contribution < -0.4 is 0 Å². The fourth-order valence-electron chi connectivity index (χ4n) is 2.75. The molecule has 100 valence electrons. The van der Waals surface area contributed by atoms with Gasteiger partial charge in [-0.05, 0) is 25.0 Å². The zero-order chi connectivity index (χ0) is 13.2. The zero-order valence-electron chi connectivity index (χ0n) is 10.5. The summed E-state index contributed by atoms with van der Waals surface area (Å²) in [5.41, 5.74) is -0.706. The van der Waals surface area contributed by atoms with Crippen molar-refractivity contribution in [2.45, 2.75) is 43.8 Å². The summed E-state index contributed by atoms with van der Waals surface area (Å²) >= 11 is 0. The molecule has 1 aliphatic carbocycles. The molecule has 0 heterocycles. The quantitative estimate of drug-likeness (QED) is 0.897. The number of hydrogen-bond acceptors (Lipinski definition) is 2. The molecule has 1 N–H and O–H groups in total. The first-order valence-corrected chi connectivity index (χ1v) is 6.25. The minimum atomic E-state index is -0.878. The van der Waals surface area contributed by atoms with Crippen LogP contribution in [0.25, 0.3) is 0 Å². The number of rotatable bonds is 4. The zero-order valence-corrected chi connectivity index (χ0v) is 10.5. The Labute approximate surface area is 106 Å². The van der Waals surface area contributed by atoms with Crippen LogP contribution in [0.4, 0.5) is 8.78 Å². The lowest BCUT2D eigenvalue weighted by molar-refractivity contribution is -0.0975. The maximum Gasteiger partial charge on any atom is 0.129 e. The summed E-state index contributed by atoms with van der Waals surface area (Å²) in [6.45, 7) is 0. The monoisotopic (exact) mass is 256 g/mol. The number of ether oxygens (including phenoxy) is 1. The molecule has 0 spiro atoms. The van der Waals surface area contributed by atoms with Crippen LogP contribution in [0.15, 0.2) is 18.2 Å². The first-order chi connectivity index (χ1) is 8.59. The Kier molecular flexibility index (Phi) is 3.97. The van der Waals surface area contributed by atoms with Gasteiger partial charge in [0.1, 0.15) is 11.6 Å². The molecule has 2 rings (SSSR count). The maximum absolute atomic E-state index is 13.5. The van der Waals surface area contributed by atoms with Crippen LogP contribution in [0.5, 0.6) is 0 Å². The predicted octanol–water partition coefficient (Wildman–Crippen LogP) is 2.83. The lowest BCUT2D eigenvalue weighted by atomic mass is 9.89. The van der Waals surface area contributed by atoms with Crippen LogP contribution in [-0.4, -0.2) is 23.9 Å². The van der Waals surface area contributed by atoms with Gasteiger partial charge in [0.2, 0.25) is 0 Å². The Hall–Kier alpha value is -1.00. The predicted molar refractivity (Wildman–Crippen MR) is 64.3 cm³/mol. The smallest absolute Gasteiger partial charge is 0.129 e. The third kappa shape index (κ3) is 2.40. The highest BCUT2D eigenvalue weighted by molar-refractivity contribution is 5.21. The third-order valence-corrected chi connectivity index (χ3v) is 3.92. The molecule has 0 radical (unpaired) electrons. The summed E-state index contributed by atoms with van der Waals surface area (Å²) in [5, 5.41) is 10.2. The molecule has 2 nitrogen and oxygen atoms in total. The largest absolute Gasteiger partial charge is 0.390 e. The number of aliphatic hydroxyl groups excluding tert-OH is 1. The highest BCUT2D eigenvalue weighted by Crippen LogP contribution is 2.37. The second-order valence-corrected chi connectivity index (χ2v) is 4.90. The maximum atomic E-state index is 13.5. The molecule has 0 saturated heterocycles. The Morgan fingerprint density at radius 1 is 1.28 bits per heavy atom. The molecule has 1 fully saturated rings. The van der Waals surface area contributed by atoms with E-state index in [1.807, 2.05) is 0 Å². The van der Waals surface area contributed by atoms with Crippen molar-refractivity contribution in [1.29, 1.82) is 0 Å². The fourth-order valence-corrected chi connectivity index (χ4v) is 2.75. The molecule has 0 aromatic heterocycles. The molecule has 1 unspecified atom stereocenters.